The molecule has 0 radical (unpaired) electrons. The van der Waals surface area contributed by atoms with Crippen molar-refractivity contribution in [2.75, 3.05) is 7.11 Å². The molecule has 2 aromatic rings. The van der Waals surface area contributed by atoms with Crippen LogP contribution in [0.5, 0.6) is 5.75 Å². The lowest BCUT2D eigenvalue weighted by atomic mass is 10.1. The first kappa shape index (κ1) is 16.4. The van der Waals surface area contributed by atoms with Crippen molar-refractivity contribution in [3.8, 4) is 16.9 Å². The maximum atomic E-state index is 6.21. The highest BCUT2D eigenvalue weighted by atomic mass is 35.5. The minimum Gasteiger partial charge on any atom is -0.497 e. The highest BCUT2D eigenvalue weighted by molar-refractivity contribution is 6.56. The molecule has 106 valence electrons. The van der Waals surface area contributed by atoms with Gasteiger partial charge < -0.3 is 4.74 Å². The van der Waals surface area contributed by atoms with E-state index in [-0.39, 0.29) is 25.1 Å². The van der Waals surface area contributed by atoms with Crippen LogP contribution in [-0.2, 0) is 0 Å². The lowest BCUT2D eigenvalue weighted by Crippen LogP contribution is -1.89. The zero-order valence-electron chi connectivity index (χ0n) is 9.91. The Morgan fingerprint density at radius 2 is 1.25 bits per heavy atom. The van der Waals surface area contributed by atoms with E-state index >= 15 is 0 Å². The topological polar surface area (TPSA) is 9.23 Å². The largest absolute Gasteiger partial charge is 0.497 e. The monoisotopic (exact) mass is 388 g/mol. The molecule has 0 aliphatic rings. The van der Waals surface area contributed by atoms with Crippen molar-refractivity contribution in [2.24, 2.45) is 0 Å². The molecule has 0 aliphatic carbocycles. The molecule has 0 aromatic heterocycles. The zero-order chi connectivity index (χ0) is 15.0. The van der Waals surface area contributed by atoms with Crippen LogP contribution in [0.2, 0.25) is 30.1 Å². The Kier molecular flexibility index (Phi) is 5.23. The second-order valence-corrected chi connectivity index (χ2v) is 6.09. The molecule has 0 aliphatic heterocycles. The quantitative estimate of drug-likeness (QED) is 0.386. The Morgan fingerprint density at radius 3 is 1.70 bits per heavy atom. The van der Waals surface area contributed by atoms with Crippen molar-refractivity contribution >= 4 is 69.6 Å². The number of rotatable bonds is 2. The van der Waals surface area contributed by atoms with Crippen LogP contribution >= 0.6 is 69.6 Å². The maximum absolute atomic E-state index is 6.21. The van der Waals surface area contributed by atoms with Crippen LogP contribution in [0.3, 0.4) is 0 Å². The number of halogens is 6. The van der Waals surface area contributed by atoms with Crippen LogP contribution in [0.1, 0.15) is 0 Å². The van der Waals surface area contributed by atoms with E-state index in [0.717, 1.165) is 0 Å². The third-order valence-electron chi connectivity index (χ3n) is 2.66. The van der Waals surface area contributed by atoms with Crippen LogP contribution in [0.4, 0.5) is 0 Å². The summed E-state index contributed by atoms with van der Waals surface area (Å²) in [6.45, 7) is 0. The van der Waals surface area contributed by atoms with Gasteiger partial charge in [0, 0.05) is 11.1 Å². The summed E-state index contributed by atoms with van der Waals surface area (Å²) in [7, 11) is 1.54. The molecular weight excluding hydrogens is 385 g/mol. The molecule has 0 heterocycles. The first-order valence-electron chi connectivity index (χ1n) is 5.23. The van der Waals surface area contributed by atoms with Crippen LogP contribution < -0.4 is 4.74 Å². The Hall–Kier alpha value is -0.0200. The van der Waals surface area contributed by atoms with Gasteiger partial charge >= 0.3 is 0 Å². The van der Waals surface area contributed by atoms with E-state index < -0.39 is 0 Å². The first-order valence-corrected chi connectivity index (χ1v) is 7.50. The van der Waals surface area contributed by atoms with Gasteiger partial charge in [-0.3, -0.25) is 0 Å². The van der Waals surface area contributed by atoms with Crippen molar-refractivity contribution in [1.29, 1.82) is 0 Å². The second-order valence-electron chi connectivity index (χ2n) is 3.79. The lowest BCUT2D eigenvalue weighted by Gasteiger charge is -2.14. The fraction of sp³-hybridized carbons (Fsp3) is 0.0769. The Morgan fingerprint density at radius 1 is 0.750 bits per heavy atom. The van der Waals surface area contributed by atoms with Crippen molar-refractivity contribution in [1.82, 2.24) is 0 Å². The Labute approximate surface area is 146 Å². The summed E-state index contributed by atoms with van der Waals surface area (Å²) in [5.74, 6) is 0.608. The Bertz CT molecular complexity index is 654. The average molecular weight is 391 g/mol. The number of hydrogen-bond donors (Lipinski definition) is 0. The van der Waals surface area contributed by atoms with Crippen molar-refractivity contribution in [3.63, 3.8) is 0 Å². The number of ether oxygens (including phenoxy) is 1. The molecule has 0 bridgehead atoms. The number of hydrogen-bond acceptors (Lipinski definition) is 1. The molecule has 2 aromatic carbocycles. The maximum Gasteiger partial charge on any atom is 0.120 e. The van der Waals surface area contributed by atoms with E-state index in [4.69, 9.17) is 74.3 Å². The van der Waals surface area contributed by atoms with Crippen LogP contribution in [0, 0.1) is 0 Å². The molecule has 7 heteroatoms. The molecule has 0 saturated carbocycles. The van der Waals surface area contributed by atoms with Gasteiger partial charge in [0.05, 0.1) is 37.2 Å². The van der Waals surface area contributed by atoms with Crippen LogP contribution in [-0.4, -0.2) is 7.11 Å². The fourth-order valence-corrected chi connectivity index (χ4v) is 3.27. The van der Waals surface area contributed by atoms with E-state index in [1.54, 1.807) is 25.3 Å². The van der Waals surface area contributed by atoms with E-state index in [0.29, 0.717) is 21.9 Å². The van der Waals surface area contributed by atoms with Crippen LogP contribution in [0.25, 0.3) is 11.1 Å². The molecule has 0 fully saturated rings. The van der Waals surface area contributed by atoms with Gasteiger partial charge in [-0.05, 0) is 18.2 Å². The summed E-state index contributed by atoms with van der Waals surface area (Å²) in [6.07, 6.45) is 0. The lowest BCUT2D eigenvalue weighted by molar-refractivity contribution is 0.415. The predicted molar refractivity (Wildman–Crippen MR) is 88.5 cm³/mol. The fourth-order valence-electron chi connectivity index (χ4n) is 1.67. The minimum atomic E-state index is 0.108. The highest BCUT2D eigenvalue weighted by Gasteiger charge is 2.22. The van der Waals surface area contributed by atoms with Gasteiger partial charge in [-0.1, -0.05) is 69.6 Å². The molecule has 0 atom stereocenters. The molecule has 0 N–H and O–H groups in total. The molecule has 1 nitrogen and oxygen atoms in total. The van der Waals surface area contributed by atoms with Gasteiger partial charge in [0.2, 0.25) is 0 Å². The summed E-state index contributed by atoms with van der Waals surface area (Å²) < 4.78 is 5.09. The smallest absolute Gasteiger partial charge is 0.120 e. The molecule has 0 unspecified atom stereocenters. The number of methoxy groups -OCH3 is 1. The van der Waals surface area contributed by atoms with E-state index in [2.05, 4.69) is 0 Å². The molecular formula is C13H6Cl6O. The van der Waals surface area contributed by atoms with Gasteiger partial charge in [0.1, 0.15) is 5.75 Å². The number of benzene rings is 2. The van der Waals surface area contributed by atoms with Crippen molar-refractivity contribution in [2.45, 2.75) is 0 Å². The summed E-state index contributed by atoms with van der Waals surface area (Å²) in [5, 5.41) is 1.16. The SMILES string of the molecule is COc1ccc(-c2c(Cl)c(Cl)c(Cl)c(Cl)c2Cl)c(Cl)c1. The normalized spacial score (nSPS) is 10.8. The minimum absolute atomic E-state index is 0.108. The second kappa shape index (κ2) is 6.39. The third-order valence-corrected chi connectivity index (χ3v) is 5.24. The molecule has 0 amide bonds. The van der Waals surface area contributed by atoms with Crippen molar-refractivity contribution in [3.05, 3.63) is 48.3 Å². The summed E-state index contributed by atoms with van der Waals surface area (Å²) in [4.78, 5) is 0. The molecule has 2 rings (SSSR count). The van der Waals surface area contributed by atoms with Gasteiger partial charge in [0.25, 0.3) is 0 Å². The van der Waals surface area contributed by atoms with E-state index in [1.165, 1.54) is 0 Å². The third kappa shape index (κ3) is 2.81. The Balaban J connectivity index is 2.76. The van der Waals surface area contributed by atoms with Gasteiger partial charge in [-0.15, -0.1) is 0 Å². The van der Waals surface area contributed by atoms with Gasteiger partial charge in [0.15, 0.2) is 0 Å². The predicted octanol–water partition coefficient (Wildman–Crippen LogP) is 7.28. The molecule has 0 saturated heterocycles. The highest BCUT2D eigenvalue weighted by Crippen LogP contribution is 2.49. The standard InChI is InChI=1S/C13H6Cl6O/c1-20-5-2-3-6(7(14)4-5)8-9(15)11(17)13(19)12(18)10(8)16/h2-4H,1H3. The summed E-state index contributed by atoms with van der Waals surface area (Å²) >= 11 is 36.7. The molecule has 0 spiro atoms. The van der Waals surface area contributed by atoms with E-state index in [1.807, 2.05) is 0 Å². The summed E-state index contributed by atoms with van der Waals surface area (Å²) in [6, 6.07) is 5.08. The molecule has 20 heavy (non-hydrogen) atoms. The first-order chi connectivity index (χ1) is 9.38. The van der Waals surface area contributed by atoms with Gasteiger partial charge in [-0.2, -0.15) is 0 Å². The average Bonchev–Trinajstić information content (AvgIpc) is 2.44. The zero-order valence-corrected chi connectivity index (χ0v) is 14.4. The summed E-state index contributed by atoms with van der Waals surface area (Å²) in [5.41, 5.74) is 1.02. The van der Waals surface area contributed by atoms with Crippen molar-refractivity contribution < 1.29 is 4.74 Å². The van der Waals surface area contributed by atoms with Crippen LogP contribution in [0.15, 0.2) is 18.2 Å². The van der Waals surface area contributed by atoms with E-state index in [9.17, 15) is 0 Å². The van der Waals surface area contributed by atoms with Gasteiger partial charge in [-0.25, -0.2) is 0 Å².